The Labute approximate surface area is 116 Å². The molecule has 19 heavy (non-hydrogen) atoms. The van der Waals surface area contributed by atoms with Gasteiger partial charge in [0.2, 0.25) is 0 Å². The highest BCUT2D eigenvalue weighted by atomic mass is 16.5. The number of hydrogen-bond donors (Lipinski definition) is 1. The molecular weight excluding hydrogens is 238 g/mol. The third kappa shape index (κ3) is 5.21. The van der Waals surface area contributed by atoms with Gasteiger partial charge in [0.1, 0.15) is 12.4 Å². The highest BCUT2D eigenvalue weighted by Crippen LogP contribution is 2.29. The molecule has 0 aromatic heterocycles. The molecule has 1 aromatic carbocycles. The van der Waals surface area contributed by atoms with E-state index in [0.717, 1.165) is 24.8 Å². The molecule has 0 saturated heterocycles. The third-order valence-electron chi connectivity index (χ3n) is 3.67. The van der Waals surface area contributed by atoms with E-state index in [1.807, 2.05) is 19.2 Å². The topological polar surface area (TPSA) is 30.5 Å². The van der Waals surface area contributed by atoms with Crippen LogP contribution in [0.25, 0.3) is 0 Å². The third-order valence-corrected chi connectivity index (χ3v) is 3.67. The molecule has 1 aliphatic rings. The van der Waals surface area contributed by atoms with E-state index in [1.165, 1.54) is 31.2 Å². The monoisotopic (exact) mass is 263 g/mol. The quantitative estimate of drug-likeness (QED) is 0.695. The van der Waals surface area contributed by atoms with Crippen LogP contribution in [0, 0.1) is 5.92 Å². The molecule has 3 heteroatoms. The molecular formula is C16H25NO2. The first-order valence-electron chi connectivity index (χ1n) is 7.32. The molecule has 2 rings (SSSR count). The fourth-order valence-electron chi connectivity index (χ4n) is 2.30. The lowest BCUT2D eigenvalue weighted by molar-refractivity contribution is 0.0812. The van der Waals surface area contributed by atoms with Gasteiger partial charge in [0.15, 0.2) is 0 Å². The van der Waals surface area contributed by atoms with Gasteiger partial charge in [-0.15, -0.1) is 0 Å². The number of ether oxygens (including phenoxy) is 2. The number of benzene rings is 1. The van der Waals surface area contributed by atoms with E-state index in [1.54, 1.807) is 0 Å². The summed E-state index contributed by atoms with van der Waals surface area (Å²) in [5.41, 5.74) is 1.24. The normalized spacial score (nSPS) is 15.2. The Bertz CT molecular complexity index is 364. The Hall–Kier alpha value is -1.06. The van der Waals surface area contributed by atoms with Gasteiger partial charge in [-0.1, -0.05) is 31.4 Å². The minimum atomic E-state index is 0.633. The van der Waals surface area contributed by atoms with Crippen molar-refractivity contribution in [3.63, 3.8) is 0 Å². The van der Waals surface area contributed by atoms with Crippen molar-refractivity contribution in [2.75, 3.05) is 26.9 Å². The molecule has 0 unspecified atom stereocenters. The lowest BCUT2D eigenvalue weighted by atomic mass is 9.83. The lowest BCUT2D eigenvalue weighted by Crippen LogP contribution is -2.15. The van der Waals surface area contributed by atoms with E-state index >= 15 is 0 Å². The second-order valence-electron chi connectivity index (χ2n) is 5.22. The van der Waals surface area contributed by atoms with Crippen molar-refractivity contribution in [1.82, 2.24) is 5.32 Å². The van der Waals surface area contributed by atoms with Crippen molar-refractivity contribution < 1.29 is 9.47 Å². The summed E-state index contributed by atoms with van der Waals surface area (Å²) in [5, 5.41) is 3.14. The Morgan fingerprint density at radius 3 is 2.84 bits per heavy atom. The van der Waals surface area contributed by atoms with E-state index < -0.39 is 0 Å². The maximum absolute atomic E-state index is 5.69. The van der Waals surface area contributed by atoms with Gasteiger partial charge in [0.25, 0.3) is 0 Å². The van der Waals surface area contributed by atoms with Crippen LogP contribution in [-0.2, 0) is 11.3 Å². The van der Waals surface area contributed by atoms with E-state index in [-0.39, 0.29) is 0 Å². The number of hydrogen-bond acceptors (Lipinski definition) is 3. The molecule has 0 radical (unpaired) electrons. The molecule has 1 fully saturated rings. The van der Waals surface area contributed by atoms with Crippen LogP contribution in [0.4, 0.5) is 0 Å². The predicted molar refractivity (Wildman–Crippen MR) is 77.5 cm³/mol. The van der Waals surface area contributed by atoms with Crippen molar-refractivity contribution >= 4 is 0 Å². The van der Waals surface area contributed by atoms with Crippen LogP contribution in [0.5, 0.6) is 5.75 Å². The van der Waals surface area contributed by atoms with Gasteiger partial charge in [-0.05, 0) is 37.1 Å². The Kier molecular flexibility index (Phi) is 6.18. The first-order valence-corrected chi connectivity index (χ1v) is 7.32. The van der Waals surface area contributed by atoms with Crippen LogP contribution >= 0.6 is 0 Å². The Morgan fingerprint density at radius 1 is 1.21 bits per heavy atom. The fraction of sp³-hybridized carbons (Fsp3) is 0.625. The summed E-state index contributed by atoms with van der Waals surface area (Å²) < 4.78 is 11.3. The highest BCUT2D eigenvalue weighted by molar-refractivity contribution is 5.28. The lowest BCUT2D eigenvalue weighted by Gasteiger charge is -2.24. The number of rotatable bonds is 9. The van der Waals surface area contributed by atoms with Crippen LogP contribution in [-0.4, -0.2) is 26.9 Å². The fourth-order valence-corrected chi connectivity index (χ4v) is 2.30. The van der Waals surface area contributed by atoms with Gasteiger partial charge in [-0.3, -0.25) is 0 Å². The minimum absolute atomic E-state index is 0.633. The summed E-state index contributed by atoms with van der Waals surface area (Å²) in [4.78, 5) is 0. The SMILES string of the molecule is CNCc1cccc(OCCOCCC2CCC2)c1. The maximum atomic E-state index is 5.69. The van der Waals surface area contributed by atoms with E-state index in [2.05, 4.69) is 17.4 Å². The summed E-state index contributed by atoms with van der Waals surface area (Å²) in [7, 11) is 1.95. The van der Waals surface area contributed by atoms with Gasteiger partial charge in [0.05, 0.1) is 6.61 Å². The van der Waals surface area contributed by atoms with Crippen molar-refractivity contribution in [2.45, 2.75) is 32.2 Å². The standard InChI is InChI=1S/C16H25NO2/c1-17-13-15-6-3-7-16(12-15)19-11-10-18-9-8-14-4-2-5-14/h3,6-7,12,14,17H,2,4-5,8-11,13H2,1H3. The highest BCUT2D eigenvalue weighted by Gasteiger charge is 2.16. The smallest absolute Gasteiger partial charge is 0.119 e. The summed E-state index contributed by atoms with van der Waals surface area (Å²) in [5.74, 6) is 1.86. The summed E-state index contributed by atoms with van der Waals surface area (Å²) >= 11 is 0. The predicted octanol–water partition coefficient (Wildman–Crippen LogP) is 2.99. The first kappa shape index (κ1) is 14.4. The van der Waals surface area contributed by atoms with Crippen molar-refractivity contribution in [3.05, 3.63) is 29.8 Å². The average molecular weight is 263 g/mol. The maximum Gasteiger partial charge on any atom is 0.119 e. The van der Waals surface area contributed by atoms with Crippen LogP contribution in [0.2, 0.25) is 0 Å². The molecule has 1 saturated carbocycles. The van der Waals surface area contributed by atoms with E-state index in [4.69, 9.17) is 9.47 Å². The summed E-state index contributed by atoms with van der Waals surface area (Å²) in [6.07, 6.45) is 5.44. The second kappa shape index (κ2) is 8.18. The largest absolute Gasteiger partial charge is 0.491 e. The number of nitrogens with one attached hydrogen (secondary N) is 1. The molecule has 0 spiro atoms. The van der Waals surface area contributed by atoms with Gasteiger partial charge < -0.3 is 14.8 Å². The molecule has 1 N–H and O–H groups in total. The molecule has 1 aliphatic carbocycles. The van der Waals surface area contributed by atoms with Crippen LogP contribution in [0.3, 0.4) is 0 Å². The zero-order valence-corrected chi connectivity index (χ0v) is 11.9. The first-order chi connectivity index (χ1) is 9.38. The van der Waals surface area contributed by atoms with Gasteiger partial charge >= 0.3 is 0 Å². The van der Waals surface area contributed by atoms with Crippen LogP contribution < -0.4 is 10.1 Å². The molecule has 0 aliphatic heterocycles. The van der Waals surface area contributed by atoms with Crippen LogP contribution in [0.15, 0.2) is 24.3 Å². The molecule has 1 aromatic rings. The van der Waals surface area contributed by atoms with Crippen molar-refractivity contribution in [1.29, 1.82) is 0 Å². The molecule has 0 bridgehead atoms. The molecule has 106 valence electrons. The zero-order chi connectivity index (χ0) is 13.3. The van der Waals surface area contributed by atoms with Crippen LogP contribution in [0.1, 0.15) is 31.2 Å². The average Bonchev–Trinajstić information content (AvgIpc) is 2.36. The minimum Gasteiger partial charge on any atom is -0.491 e. The Morgan fingerprint density at radius 2 is 2.11 bits per heavy atom. The summed E-state index contributed by atoms with van der Waals surface area (Å²) in [6.45, 7) is 3.07. The molecule has 3 nitrogen and oxygen atoms in total. The van der Waals surface area contributed by atoms with E-state index in [9.17, 15) is 0 Å². The summed E-state index contributed by atoms with van der Waals surface area (Å²) in [6, 6.07) is 8.19. The second-order valence-corrected chi connectivity index (χ2v) is 5.22. The Balaban J connectivity index is 1.55. The van der Waals surface area contributed by atoms with Crippen molar-refractivity contribution in [3.8, 4) is 5.75 Å². The molecule has 0 amide bonds. The zero-order valence-electron chi connectivity index (χ0n) is 11.9. The van der Waals surface area contributed by atoms with E-state index in [0.29, 0.717) is 13.2 Å². The van der Waals surface area contributed by atoms with Gasteiger partial charge in [0, 0.05) is 13.2 Å². The van der Waals surface area contributed by atoms with Gasteiger partial charge in [-0.25, -0.2) is 0 Å². The van der Waals surface area contributed by atoms with Crippen molar-refractivity contribution in [2.24, 2.45) is 5.92 Å². The van der Waals surface area contributed by atoms with Gasteiger partial charge in [-0.2, -0.15) is 0 Å². The molecule has 0 heterocycles. The molecule has 0 atom stereocenters.